The minimum Gasteiger partial charge on any atom is -0.318 e. The molecule has 4 rings (SSSR count). The minimum absolute atomic E-state index is 0.0215. The number of carbonyl (C=O) groups is 3. The number of halogens is 1. The summed E-state index contributed by atoms with van der Waals surface area (Å²) in [6.45, 7) is 4.08. The molecule has 3 aromatic rings. The topological polar surface area (TPSA) is 95.8 Å². The highest BCUT2D eigenvalue weighted by Gasteiger charge is 2.22. The molecule has 0 atom stereocenters. The lowest BCUT2D eigenvalue weighted by Gasteiger charge is -2.12. The highest BCUT2D eigenvalue weighted by atomic mass is 19.1. The first-order valence-electron chi connectivity index (χ1n) is 11.3. The van der Waals surface area contributed by atoms with Crippen LogP contribution in [0.25, 0.3) is 5.69 Å². The number of aromatic nitrogens is 1. The second kappa shape index (κ2) is 10.3. The molecule has 180 valence electrons. The van der Waals surface area contributed by atoms with E-state index in [1.54, 1.807) is 25.1 Å². The number of benzene rings is 2. The molecule has 2 aromatic carbocycles. The number of carbonyl (C=O) groups excluding carboxylic acids is 3. The zero-order valence-electron chi connectivity index (χ0n) is 19.5. The molecule has 35 heavy (non-hydrogen) atoms. The van der Waals surface area contributed by atoms with Crippen molar-refractivity contribution in [1.29, 1.82) is 0 Å². The Hall–Kier alpha value is -4.27. The minimum atomic E-state index is -0.484. The molecule has 1 aliphatic rings. The van der Waals surface area contributed by atoms with Gasteiger partial charge in [-0.15, -0.1) is 0 Å². The molecule has 0 saturated carbocycles. The number of nitrogens with one attached hydrogen (secondary N) is 2. The second-order valence-electron chi connectivity index (χ2n) is 8.28. The van der Waals surface area contributed by atoms with Gasteiger partial charge in [0.15, 0.2) is 0 Å². The first kappa shape index (κ1) is 23.9. The summed E-state index contributed by atoms with van der Waals surface area (Å²) in [6.07, 6.45) is 0.557. The highest BCUT2D eigenvalue weighted by molar-refractivity contribution is 6.02. The summed E-state index contributed by atoms with van der Waals surface area (Å²) in [4.78, 5) is 37.3. The smallest absolute Gasteiger partial charge is 0.271 e. The van der Waals surface area contributed by atoms with Crippen LogP contribution in [0.2, 0.25) is 0 Å². The summed E-state index contributed by atoms with van der Waals surface area (Å²) in [5.41, 5.74) is 9.12. The van der Waals surface area contributed by atoms with E-state index in [0.29, 0.717) is 24.2 Å². The van der Waals surface area contributed by atoms with Crippen molar-refractivity contribution in [2.24, 2.45) is 5.10 Å². The van der Waals surface area contributed by atoms with Crippen LogP contribution in [0.5, 0.6) is 0 Å². The number of hydrazone groups is 1. The summed E-state index contributed by atoms with van der Waals surface area (Å²) in [7, 11) is 0. The van der Waals surface area contributed by atoms with Gasteiger partial charge in [-0.3, -0.25) is 25.2 Å². The van der Waals surface area contributed by atoms with Crippen molar-refractivity contribution in [3.8, 4) is 5.69 Å². The van der Waals surface area contributed by atoms with Crippen molar-refractivity contribution in [2.75, 3.05) is 6.54 Å². The third-order valence-electron chi connectivity index (χ3n) is 5.84. The summed E-state index contributed by atoms with van der Waals surface area (Å²) >= 11 is 0. The number of hydrazine groups is 1. The molecule has 8 nitrogen and oxygen atoms in total. The van der Waals surface area contributed by atoms with Crippen molar-refractivity contribution in [3.63, 3.8) is 0 Å². The van der Waals surface area contributed by atoms with Crippen LogP contribution in [0.15, 0.2) is 65.8 Å². The molecule has 0 radical (unpaired) electrons. The van der Waals surface area contributed by atoms with Gasteiger partial charge in [0.25, 0.3) is 5.91 Å². The first-order chi connectivity index (χ1) is 16.8. The Morgan fingerprint density at radius 3 is 2.40 bits per heavy atom. The van der Waals surface area contributed by atoms with Gasteiger partial charge in [-0.1, -0.05) is 30.3 Å². The summed E-state index contributed by atoms with van der Waals surface area (Å²) < 4.78 is 15.1. The molecular formula is C26H26FN5O3. The van der Waals surface area contributed by atoms with Gasteiger partial charge < -0.3 is 4.57 Å². The van der Waals surface area contributed by atoms with Crippen molar-refractivity contribution in [2.45, 2.75) is 33.1 Å². The third kappa shape index (κ3) is 5.46. The zero-order chi connectivity index (χ0) is 24.9. The monoisotopic (exact) mass is 475 g/mol. The molecule has 9 heteroatoms. The van der Waals surface area contributed by atoms with E-state index in [2.05, 4.69) is 16.0 Å². The number of amides is 3. The lowest BCUT2D eigenvalue weighted by atomic mass is 10.1. The van der Waals surface area contributed by atoms with Crippen molar-refractivity contribution >= 4 is 23.4 Å². The molecule has 2 N–H and O–H groups in total. The Balaban J connectivity index is 1.29. The third-order valence-corrected chi connectivity index (χ3v) is 5.84. The van der Waals surface area contributed by atoms with Crippen LogP contribution in [0.4, 0.5) is 4.39 Å². The van der Waals surface area contributed by atoms with Crippen LogP contribution in [0.1, 0.15) is 46.6 Å². The average Bonchev–Trinajstić information content (AvgIpc) is 3.47. The van der Waals surface area contributed by atoms with Crippen LogP contribution in [0, 0.1) is 19.7 Å². The quantitative estimate of drug-likeness (QED) is 0.535. The molecule has 2 heterocycles. The van der Waals surface area contributed by atoms with Gasteiger partial charge in [-0.2, -0.15) is 5.10 Å². The standard InChI is InChI=1S/C26H26FN5O3/c1-17-16-22(18(2)32(17)21-10-8-20(27)9-11-21)26(35)29-28-24(33)12-13-25(34)31-15-14-23(30-31)19-6-4-3-5-7-19/h3-11,16H,12-15H2,1-2H3,(H,28,33)(H,29,35). The van der Waals surface area contributed by atoms with E-state index in [0.717, 1.165) is 22.7 Å². The number of hydrogen-bond acceptors (Lipinski definition) is 4. The fourth-order valence-corrected chi connectivity index (χ4v) is 4.06. The van der Waals surface area contributed by atoms with Gasteiger partial charge >= 0.3 is 0 Å². The number of hydrogen-bond donors (Lipinski definition) is 2. The molecule has 0 saturated heterocycles. The largest absolute Gasteiger partial charge is 0.318 e. The van der Waals surface area contributed by atoms with E-state index >= 15 is 0 Å². The lowest BCUT2D eigenvalue weighted by Crippen LogP contribution is -2.42. The van der Waals surface area contributed by atoms with E-state index in [1.165, 1.54) is 17.1 Å². The van der Waals surface area contributed by atoms with Crippen LogP contribution in [-0.4, -0.2) is 39.6 Å². The predicted molar refractivity (Wildman–Crippen MR) is 129 cm³/mol. The summed E-state index contributed by atoms with van der Waals surface area (Å²) in [6, 6.07) is 17.3. The van der Waals surface area contributed by atoms with E-state index < -0.39 is 11.8 Å². The van der Waals surface area contributed by atoms with E-state index in [4.69, 9.17) is 0 Å². The SMILES string of the molecule is Cc1cc(C(=O)NNC(=O)CCC(=O)N2CCC(c3ccccc3)=N2)c(C)n1-c1ccc(F)cc1. The zero-order valence-corrected chi connectivity index (χ0v) is 19.5. The Labute approximate surface area is 202 Å². The molecule has 1 aromatic heterocycles. The number of aryl methyl sites for hydroxylation is 1. The highest BCUT2D eigenvalue weighted by Crippen LogP contribution is 2.21. The normalized spacial score (nSPS) is 12.9. The Bertz CT molecular complexity index is 1280. The number of rotatable bonds is 6. The fourth-order valence-electron chi connectivity index (χ4n) is 4.06. The molecule has 0 unspecified atom stereocenters. The van der Waals surface area contributed by atoms with E-state index in [-0.39, 0.29) is 24.6 Å². The Kier molecular flexibility index (Phi) is 7.05. The van der Waals surface area contributed by atoms with Crippen molar-refractivity contribution in [1.82, 2.24) is 20.4 Å². The second-order valence-corrected chi connectivity index (χ2v) is 8.28. The van der Waals surface area contributed by atoms with Gasteiger partial charge in [-0.25, -0.2) is 9.40 Å². The predicted octanol–water partition coefficient (Wildman–Crippen LogP) is 3.41. The van der Waals surface area contributed by atoms with Crippen molar-refractivity contribution < 1.29 is 18.8 Å². The molecule has 0 bridgehead atoms. The van der Waals surface area contributed by atoms with Crippen LogP contribution in [-0.2, 0) is 9.59 Å². The van der Waals surface area contributed by atoms with E-state index in [1.807, 2.05) is 41.8 Å². The number of nitrogens with zero attached hydrogens (tertiary/aromatic N) is 3. The fraction of sp³-hybridized carbons (Fsp3) is 0.231. The van der Waals surface area contributed by atoms with Crippen LogP contribution in [0.3, 0.4) is 0 Å². The average molecular weight is 476 g/mol. The Morgan fingerprint density at radius 2 is 1.69 bits per heavy atom. The van der Waals surface area contributed by atoms with E-state index in [9.17, 15) is 18.8 Å². The maximum Gasteiger partial charge on any atom is 0.271 e. The molecule has 0 fully saturated rings. The molecule has 1 aliphatic heterocycles. The van der Waals surface area contributed by atoms with Gasteiger partial charge in [-0.05, 0) is 49.7 Å². The molecule has 0 spiro atoms. The van der Waals surface area contributed by atoms with Gasteiger partial charge in [0.2, 0.25) is 11.8 Å². The van der Waals surface area contributed by atoms with Crippen molar-refractivity contribution in [3.05, 3.63) is 89.0 Å². The summed E-state index contributed by atoms with van der Waals surface area (Å²) in [5.74, 6) is -1.56. The maximum absolute atomic E-state index is 13.3. The van der Waals surface area contributed by atoms with Gasteiger partial charge in [0.1, 0.15) is 5.82 Å². The Morgan fingerprint density at radius 1 is 0.971 bits per heavy atom. The van der Waals surface area contributed by atoms with Gasteiger partial charge in [0.05, 0.1) is 17.8 Å². The van der Waals surface area contributed by atoms with Crippen LogP contribution >= 0.6 is 0 Å². The first-order valence-corrected chi connectivity index (χ1v) is 11.3. The molecule has 0 aliphatic carbocycles. The molecular weight excluding hydrogens is 449 g/mol. The van der Waals surface area contributed by atoms with Gasteiger partial charge in [0, 0.05) is 36.3 Å². The molecule has 3 amide bonds. The lowest BCUT2D eigenvalue weighted by molar-refractivity contribution is -0.133. The van der Waals surface area contributed by atoms with Crippen LogP contribution < -0.4 is 10.9 Å². The maximum atomic E-state index is 13.3. The summed E-state index contributed by atoms with van der Waals surface area (Å²) in [5, 5.41) is 5.76.